The van der Waals surface area contributed by atoms with Crippen molar-refractivity contribution in [3.8, 4) is 45.3 Å². The Hall–Kier alpha value is -6.23. The molecule has 8 aromatic carbocycles. The van der Waals surface area contributed by atoms with Gasteiger partial charge in [0.05, 0.1) is 0 Å². The Morgan fingerprint density at radius 1 is 0.327 bits per heavy atom. The van der Waals surface area contributed by atoms with Gasteiger partial charge >= 0.3 is 0 Å². The predicted molar refractivity (Wildman–Crippen MR) is 207 cm³/mol. The predicted octanol–water partition coefficient (Wildman–Crippen LogP) is 12.4. The Morgan fingerprint density at radius 3 is 1.73 bits per heavy atom. The molecule has 0 aliphatic heterocycles. The molecule has 4 heteroatoms. The third-order valence-corrected chi connectivity index (χ3v) is 10.7. The summed E-state index contributed by atoms with van der Waals surface area (Å²) in [7, 11) is 0. The number of fused-ring (bicyclic) bond motifs is 6. The summed E-state index contributed by atoms with van der Waals surface area (Å²) >= 11 is 1.80. The van der Waals surface area contributed by atoms with Crippen molar-refractivity contribution in [3.05, 3.63) is 164 Å². The summed E-state index contributed by atoms with van der Waals surface area (Å²) in [6.45, 7) is 0. The molecule has 0 spiro atoms. The van der Waals surface area contributed by atoms with Gasteiger partial charge in [0.25, 0.3) is 0 Å². The number of thiophene rings is 1. The second-order valence-corrected chi connectivity index (χ2v) is 13.5. The SMILES string of the molecule is c1ccc2cc(-c3nc(-c4ccc(-c5cccc6ccccc56)c5ccccc45)nc(-c4cccc5sc6ccccc6c45)n3)ccc2c1. The highest BCUT2D eigenvalue weighted by Gasteiger charge is 2.19. The lowest BCUT2D eigenvalue weighted by molar-refractivity contribution is 1.08. The van der Waals surface area contributed by atoms with Gasteiger partial charge in [-0.1, -0.05) is 140 Å². The lowest BCUT2D eigenvalue weighted by Gasteiger charge is -2.14. The molecule has 0 N–H and O–H groups in total. The van der Waals surface area contributed by atoms with Crippen LogP contribution < -0.4 is 0 Å². The van der Waals surface area contributed by atoms with Gasteiger partial charge in [0.1, 0.15) is 0 Å². The average molecular weight is 642 g/mol. The van der Waals surface area contributed by atoms with Crippen LogP contribution in [-0.4, -0.2) is 15.0 Å². The van der Waals surface area contributed by atoms with Crippen LogP contribution in [0, 0.1) is 0 Å². The number of nitrogens with zero attached hydrogens (tertiary/aromatic N) is 3. The Morgan fingerprint density at radius 2 is 0.878 bits per heavy atom. The Labute approximate surface area is 286 Å². The molecular weight excluding hydrogens is 615 g/mol. The molecule has 0 aliphatic rings. The number of rotatable bonds is 4. The first kappa shape index (κ1) is 27.8. The van der Waals surface area contributed by atoms with Crippen molar-refractivity contribution in [3.63, 3.8) is 0 Å². The normalized spacial score (nSPS) is 11.7. The highest BCUT2D eigenvalue weighted by molar-refractivity contribution is 7.25. The van der Waals surface area contributed by atoms with E-state index in [0.717, 1.165) is 32.8 Å². The standard InChI is InChI=1S/C45H27N3S/c1-2-13-30-27-31(24-23-28(30)11-1)43-46-44(48-45(47-43)39-20-10-22-41-42(39)38-18-7-8-21-40(38)49-41)37-26-25-36(34-16-5-6-17-35(34)37)33-19-9-14-29-12-3-4-15-32(29)33/h1-27H. The molecule has 0 saturated carbocycles. The molecule has 0 atom stereocenters. The number of hydrogen-bond acceptors (Lipinski definition) is 4. The lowest BCUT2D eigenvalue weighted by Crippen LogP contribution is -2.01. The van der Waals surface area contributed by atoms with Crippen molar-refractivity contribution in [2.24, 2.45) is 0 Å². The van der Waals surface area contributed by atoms with E-state index in [4.69, 9.17) is 15.0 Å². The van der Waals surface area contributed by atoms with Crippen LogP contribution >= 0.6 is 11.3 Å². The van der Waals surface area contributed by atoms with Gasteiger partial charge in [-0.25, -0.2) is 15.0 Å². The van der Waals surface area contributed by atoms with Gasteiger partial charge in [-0.2, -0.15) is 0 Å². The first-order valence-electron chi connectivity index (χ1n) is 16.4. The van der Waals surface area contributed by atoms with Crippen LogP contribution in [0.3, 0.4) is 0 Å². The molecular formula is C45H27N3S. The van der Waals surface area contributed by atoms with Crippen LogP contribution in [-0.2, 0) is 0 Å². The van der Waals surface area contributed by atoms with E-state index >= 15 is 0 Å². The summed E-state index contributed by atoms with van der Waals surface area (Å²) in [6, 6.07) is 58.0. The molecule has 0 saturated heterocycles. The van der Waals surface area contributed by atoms with Gasteiger partial charge in [-0.3, -0.25) is 0 Å². The average Bonchev–Trinajstić information content (AvgIpc) is 3.56. The van der Waals surface area contributed by atoms with E-state index in [1.165, 1.54) is 47.5 Å². The van der Waals surface area contributed by atoms with Crippen LogP contribution in [0.5, 0.6) is 0 Å². The highest BCUT2D eigenvalue weighted by Crippen LogP contribution is 2.41. The van der Waals surface area contributed by atoms with E-state index in [9.17, 15) is 0 Å². The zero-order valence-electron chi connectivity index (χ0n) is 26.3. The van der Waals surface area contributed by atoms with Crippen LogP contribution in [0.15, 0.2) is 164 Å². The van der Waals surface area contributed by atoms with Crippen LogP contribution in [0.2, 0.25) is 0 Å². The van der Waals surface area contributed by atoms with Crippen molar-refractivity contribution in [2.45, 2.75) is 0 Å². The van der Waals surface area contributed by atoms with Crippen LogP contribution in [0.4, 0.5) is 0 Å². The van der Waals surface area contributed by atoms with Gasteiger partial charge in [-0.05, 0) is 67.7 Å². The minimum absolute atomic E-state index is 0.657. The fraction of sp³-hybridized carbons (Fsp3) is 0. The number of benzene rings is 8. The van der Waals surface area contributed by atoms with Gasteiger partial charge in [-0.15, -0.1) is 11.3 Å². The molecule has 0 fully saturated rings. The van der Waals surface area contributed by atoms with E-state index in [1.807, 2.05) is 0 Å². The maximum absolute atomic E-state index is 5.28. The summed E-state index contributed by atoms with van der Waals surface area (Å²) in [6.07, 6.45) is 0. The van der Waals surface area contributed by atoms with Crippen molar-refractivity contribution in [2.75, 3.05) is 0 Å². The topological polar surface area (TPSA) is 38.7 Å². The molecule has 0 radical (unpaired) electrons. The molecule has 0 unspecified atom stereocenters. The maximum atomic E-state index is 5.28. The zero-order valence-corrected chi connectivity index (χ0v) is 27.2. The molecule has 3 nitrogen and oxygen atoms in total. The van der Waals surface area contributed by atoms with Crippen LogP contribution in [0.1, 0.15) is 0 Å². The molecule has 10 rings (SSSR count). The molecule has 49 heavy (non-hydrogen) atoms. The smallest absolute Gasteiger partial charge is 0.164 e. The highest BCUT2D eigenvalue weighted by atomic mass is 32.1. The minimum atomic E-state index is 0.657. The monoisotopic (exact) mass is 641 g/mol. The first-order chi connectivity index (χ1) is 24.3. The van der Waals surface area contributed by atoms with Gasteiger partial charge in [0.15, 0.2) is 17.5 Å². The van der Waals surface area contributed by atoms with Crippen LogP contribution in [0.25, 0.3) is 97.8 Å². The van der Waals surface area contributed by atoms with E-state index in [-0.39, 0.29) is 0 Å². The van der Waals surface area contributed by atoms with Crippen molar-refractivity contribution in [1.29, 1.82) is 0 Å². The molecule has 2 heterocycles. The third-order valence-electron chi connectivity index (χ3n) is 9.53. The fourth-order valence-corrected chi connectivity index (χ4v) is 8.36. The molecule has 228 valence electrons. The summed E-state index contributed by atoms with van der Waals surface area (Å²) in [5, 5.41) is 9.47. The quantitative estimate of drug-likeness (QED) is 0.192. The molecule has 0 aliphatic carbocycles. The first-order valence-corrected chi connectivity index (χ1v) is 17.3. The second-order valence-electron chi connectivity index (χ2n) is 12.4. The number of aromatic nitrogens is 3. The van der Waals surface area contributed by atoms with E-state index in [2.05, 4.69) is 164 Å². The molecule has 10 aromatic rings. The summed E-state index contributed by atoms with van der Waals surface area (Å²) in [5.41, 5.74) is 5.35. The van der Waals surface area contributed by atoms with E-state index in [0.29, 0.717) is 17.5 Å². The van der Waals surface area contributed by atoms with Gasteiger partial charge in [0, 0.05) is 36.9 Å². The van der Waals surface area contributed by atoms with Gasteiger partial charge < -0.3 is 0 Å². The Balaban J connectivity index is 1.24. The second kappa shape index (κ2) is 11.2. The van der Waals surface area contributed by atoms with Crippen molar-refractivity contribution < 1.29 is 0 Å². The van der Waals surface area contributed by atoms with E-state index in [1.54, 1.807) is 11.3 Å². The third kappa shape index (κ3) is 4.61. The molecule has 0 amide bonds. The molecule has 0 bridgehead atoms. The summed E-state index contributed by atoms with van der Waals surface area (Å²) in [4.78, 5) is 15.7. The summed E-state index contributed by atoms with van der Waals surface area (Å²) in [5.74, 6) is 1.99. The zero-order chi connectivity index (χ0) is 32.3. The van der Waals surface area contributed by atoms with Gasteiger partial charge in [0.2, 0.25) is 0 Å². The summed E-state index contributed by atoms with van der Waals surface area (Å²) < 4.78 is 2.47. The van der Waals surface area contributed by atoms with Crippen molar-refractivity contribution in [1.82, 2.24) is 15.0 Å². The lowest BCUT2D eigenvalue weighted by atomic mass is 9.92. The van der Waals surface area contributed by atoms with Crippen molar-refractivity contribution >= 4 is 63.8 Å². The maximum Gasteiger partial charge on any atom is 0.164 e. The minimum Gasteiger partial charge on any atom is -0.208 e. The number of hydrogen-bond donors (Lipinski definition) is 0. The molecule has 2 aromatic heterocycles. The largest absolute Gasteiger partial charge is 0.208 e. The Kier molecular flexibility index (Phi) is 6.36. The Bertz CT molecular complexity index is 2900. The fourth-order valence-electron chi connectivity index (χ4n) is 7.22. The van der Waals surface area contributed by atoms with E-state index < -0.39 is 0 Å².